The van der Waals surface area contributed by atoms with Crippen molar-refractivity contribution in [2.45, 2.75) is 31.7 Å². The lowest BCUT2D eigenvalue weighted by molar-refractivity contribution is -0.117. The predicted molar refractivity (Wildman–Crippen MR) is 102 cm³/mol. The third-order valence-corrected chi connectivity index (χ3v) is 5.49. The smallest absolute Gasteiger partial charge is 0.283 e. The molecule has 1 N–H and O–H groups in total. The Kier molecular flexibility index (Phi) is 4.86. The van der Waals surface area contributed by atoms with Crippen LogP contribution in [0.25, 0.3) is 10.9 Å². The molecule has 0 aliphatic heterocycles. The number of fused-ring (bicyclic) bond motifs is 1. The van der Waals surface area contributed by atoms with Crippen LogP contribution in [0.15, 0.2) is 34.9 Å². The molecule has 1 saturated carbocycles. The topological polar surface area (TPSA) is 59.8 Å². The number of carbonyl (C=O) groups excluding carboxylic acids is 1. The summed E-state index contributed by atoms with van der Waals surface area (Å²) in [5, 5.41) is 7.50. The maximum atomic E-state index is 13.1. The lowest BCUT2D eigenvalue weighted by Crippen LogP contribution is -2.21. The largest absolute Gasteiger partial charge is 0.323 e. The summed E-state index contributed by atoms with van der Waals surface area (Å²) in [5.41, 5.74) is 1.22. The molecule has 1 aliphatic rings. The van der Waals surface area contributed by atoms with E-state index in [1.807, 2.05) is 12.1 Å². The van der Waals surface area contributed by atoms with Gasteiger partial charge in [0, 0.05) is 22.0 Å². The molecule has 1 amide bonds. The van der Waals surface area contributed by atoms with Crippen LogP contribution in [0.2, 0.25) is 5.02 Å². The number of aromatic nitrogens is 3. The van der Waals surface area contributed by atoms with Crippen LogP contribution in [-0.4, -0.2) is 20.7 Å². The molecule has 0 unspecified atom stereocenters. The van der Waals surface area contributed by atoms with Gasteiger partial charge < -0.3 is 5.32 Å². The highest BCUT2D eigenvalue weighted by Crippen LogP contribution is 2.45. The number of hydrogen-bond donors (Lipinski definition) is 1. The lowest BCUT2D eigenvalue weighted by atomic mass is 10.2. The van der Waals surface area contributed by atoms with Gasteiger partial charge in [0.2, 0.25) is 5.91 Å². The molecule has 1 aliphatic carbocycles. The highest BCUT2D eigenvalue weighted by molar-refractivity contribution is 9.10. The summed E-state index contributed by atoms with van der Waals surface area (Å²) in [4.78, 5) is 16.9. The maximum Gasteiger partial charge on any atom is 0.283 e. The van der Waals surface area contributed by atoms with Gasteiger partial charge in [-0.2, -0.15) is 5.10 Å². The fraction of sp³-hybridized carbons (Fsp3) is 0.278. The normalized spacial score (nSPS) is 14.1. The molecule has 0 bridgehead atoms. The molecule has 0 atom stereocenters. The number of hydrogen-bond acceptors (Lipinski definition) is 3. The number of rotatable bonds is 5. The minimum atomic E-state index is -2.78. The van der Waals surface area contributed by atoms with Crippen molar-refractivity contribution in [3.05, 3.63) is 51.3 Å². The van der Waals surface area contributed by atoms with E-state index in [1.165, 1.54) is 4.68 Å². The Balaban J connectivity index is 1.61. The number of pyridine rings is 1. The number of carbonyl (C=O) groups is 1. The van der Waals surface area contributed by atoms with E-state index in [-0.39, 0.29) is 23.4 Å². The Labute approximate surface area is 166 Å². The zero-order valence-electron chi connectivity index (χ0n) is 13.9. The molecule has 2 aromatic heterocycles. The molecule has 2 heterocycles. The number of anilines is 1. The van der Waals surface area contributed by atoms with Gasteiger partial charge in [-0.25, -0.2) is 8.78 Å². The summed E-state index contributed by atoms with van der Waals surface area (Å²) in [5.74, 6) is -0.299. The van der Waals surface area contributed by atoms with Crippen molar-refractivity contribution in [1.29, 1.82) is 0 Å². The standard InChI is InChI=1S/C18H14BrClF2N4O/c19-11-5-6-12(15-10(11)2-1-7-23-15)24-13(27)8-26-17(9-3-4-9)14(20)16(25-26)18(21)22/h1-2,5-7,9,18H,3-4,8H2,(H,24,27). The first-order valence-corrected chi connectivity index (χ1v) is 9.50. The van der Waals surface area contributed by atoms with Crippen LogP contribution >= 0.6 is 27.5 Å². The SMILES string of the molecule is O=C(Cn1nc(C(F)F)c(Cl)c1C1CC1)Nc1ccc(Br)c2cccnc12. The molecule has 3 aromatic rings. The first kappa shape index (κ1) is 18.3. The number of nitrogens with zero attached hydrogens (tertiary/aromatic N) is 3. The Morgan fingerprint density at radius 3 is 2.85 bits per heavy atom. The monoisotopic (exact) mass is 454 g/mol. The van der Waals surface area contributed by atoms with Crippen LogP contribution in [0.4, 0.5) is 14.5 Å². The Hall–Kier alpha value is -2.06. The van der Waals surface area contributed by atoms with Crippen LogP contribution in [0, 0.1) is 0 Å². The van der Waals surface area contributed by atoms with Crippen LogP contribution in [-0.2, 0) is 11.3 Å². The van der Waals surface area contributed by atoms with Crippen molar-refractivity contribution in [2.24, 2.45) is 0 Å². The van der Waals surface area contributed by atoms with E-state index >= 15 is 0 Å². The Morgan fingerprint density at radius 1 is 1.37 bits per heavy atom. The van der Waals surface area contributed by atoms with Gasteiger partial charge in [0.1, 0.15) is 12.2 Å². The fourth-order valence-electron chi connectivity index (χ4n) is 3.04. The second kappa shape index (κ2) is 7.16. The van der Waals surface area contributed by atoms with Gasteiger partial charge in [0.25, 0.3) is 6.43 Å². The minimum absolute atomic E-state index is 0.0314. The molecule has 0 spiro atoms. The zero-order chi connectivity index (χ0) is 19.1. The van der Waals surface area contributed by atoms with E-state index in [9.17, 15) is 13.6 Å². The summed E-state index contributed by atoms with van der Waals surface area (Å²) < 4.78 is 28.4. The van der Waals surface area contributed by atoms with Crippen LogP contribution in [0.3, 0.4) is 0 Å². The lowest BCUT2D eigenvalue weighted by Gasteiger charge is -2.11. The van der Waals surface area contributed by atoms with Crippen molar-refractivity contribution in [1.82, 2.24) is 14.8 Å². The summed E-state index contributed by atoms with van der Waals surface area (Å²) in [6, 6.07) is 7.24. The second-order valence-corrected chi connectivity index (χ2v) is 7.59. The molecule has 9 heteroatoms. The van der Waals surface area contributed by atoms with E-state index in [4.69, 9.17) is 11.6 Å². The van der Waals surface area contributed by atoms with Crippen molar-refractivity contribution in [2.75, 3.05) is 5.32 Å². The molecular formula is C18H14BrClF2N4O. The number of benzene rings is 1. The molecule has 1 fully saturated rings. The van der Waals surface area contributed by atoms with Gasteiger partial charge in [0.05, 0.1) is 21.9 Å². The van der Waals surface area contributed by atoms with Crippen LogP contribution in [0.5, 0.6) is 0 Å². The van der Waals surface area contributed by atoms with Gasteiger partial charge in [-0.15, -0.1) is 0 Å². The first-order chi connectivity index (χ1) is 13.0. The number of nitrogens with one attached hydrogen (secondary N) is 1. The Morgan fingerprint density at radius 2 is 2.15 bits per heavy atom. The average Bonchev–Trinajstić information content (AvgIpc) is 3.41. The van der Waals surface area contributed by atoms with Gasteiger partial charge in [-0.1, -0.05) is 33.6 Å². The highest BCUT2D eigenvalue weighted by Gasteiger charge is 2.34. The second-order valence-electron chi connectivity index (χ2n) is 6.36. The van der Waals surface area contributed by atoms with Gasteiger partial charge in [0.15, 0.2) is 0 Å². The highest BCUT2D eigenvalue weighted by atomic mass is 79.9. The van der Waals surface area contributed by atoms with Crippen molar-refractivity contribution in [3.63, 3.8) is 0 Å². The van der Waals surface area contributed by atoms with E-state index in [1.54, 1.807) is 18.3 Å². The van der Waals surface area contributed by atoms with Crippen LogP contribution in [0.1, 0.15) is 36.6 Å². The first-order valence-electron chi connectivity index (χ1n) is 8.33. The predicted octanol–water partition coefficient (Wildman–Crippen LogP) is 5.30. The Bertz CT molecular complexity index is 1040. The molecule has 0 radical (unpaired) electrons. The van der Waals surface area contributed by atoms with Gasteiger partial charge in [-0.3, -0.25) is 14.5 Å². The van der Waals surface area contributed by atoms with Gasteiger partial charge >= 0.3 is 0 Å². The summed E-state index contributed by atoms with van der Waals surface area (Å²) in [6.45, 7) is -0.192. The van der Waals surface area contributed by atoms with Crippen LogP contribution < -0.4 is 5.32 Å². The van der Waals surface area contributed by atoms with Crippen molar-refractivity contribution >= 4 is 50.0 Å². The molecule has 27 heavy (non-hydrogen) atoms. The number of halogens is 4. The molecule has 1 aromatic carbocycles. The minimum Gasteiger partial charge on any atom is -0.323 e. The van der Waals surface area contributed by atoms with E-state index in [2.05, 4.69) is 31.3 Å². The fourth-order valence-corrected chi connectivity index (χ4v) is 3.87. The zero-order valence-corrected chi connectivity index (χ0v) is 16.3. The van der Waals surface area contributed by atoms with E-state index < -0.39 is 12.1 Å². The van der Waals surface area contributed by atoms with E-state index in [0.717, 1.165) is 22.7 Å². The van der Waals surface area contributed by atoms with Crippen molar-refractivity contribution in [3.8, 4) is 0 Å². The summed E-state index contributed by atoms with van der Waals surface area (Å²) in [6.07, 6.45) is 0.574. The quantitative estimate of drug-likeness (QED) is 0.568. The molecule has 4 rings (SSSR count). The molecular weight excluding hydrogens is 442 g/mol. The molecule has 5 nitrogen and oxygen atoms in total. The number of alkyl halides is 2. The molecule has 140 valence electrons. The third-order valence-electron chi connectivity index (χ3n) is 4.41. The van der Waals surface area contributed by atoms with Crippen molar-refractivity contribution < 1.29 is 13.6 Å². The van der Waals surface area contributed by atoms with Gasteiger partial charge in [-0.05, 0) is 31.0 Å². The average molecular weight is 456 g/mol. The summed E-state index contributed by atoms with van der Waals surface area (Å²) >= 11 is 9.54. The van der Waals surface area contributed by atoms with E-state index in [0.29, 0.717) is 16.9 Å². The molecule has 0 saturated heterocycles. The maximum absolute atomic E-state index is 13.1. The number of amides is 1. The summed E-state index contributed by atoms with van der Waals surface area (Å²) in [7, 11) is 0. The third kappa shape index (κ3) is 3.55.